The zero-order valence-corrected chi connectivity index (χ0v) is 17.9. The fraction of sp³-hybridized carbons (Fsp3) is 0.231. The number of carbonyl (C=O) groups excluding carboxylic acids is 2. The fourth-order valence-electron chi connectivity index (χ4n) is 3.03. The van der Waals surface area contributed by atoms with Crippen molar-refractivity contribution in [2.24, 2.45) is 0 Å². The van der Waals surface area contributed by atoms with Crippen molar-refractivity contribution in [3.8, 4) is 5.75 Å². The summed E-state index contributed by atoms with van der Waals surface area (Å²) < 4.78 is 10.8. The Morgan fingerprint density at radius 2 is 1.81 bits per heavy atom. The quantitative estimate of drug-likeness (QED) is 0.420. The number of cyclic esters (lactones) is 1. The van der Waals surface area contributed by atoms with E-state index in [4.69, 9.17) is 9.47 Å². The van der Waals surface area contributed by atoms with Crippen molar-refractivity contribution < 1.29 is 19.1 Å². The lowest BCUT2D eigenvalue weighted by Crippen LogP contribution is -2.38. The molecule has 5 heteroatoms. The summed E-state index contributed by atoms with van der Waals surface area (Å²) in [6.45, 7) is 8.62. The normalized spacial score (nSPS) is 15.6. The maximum absolute atomic E-state index is 12.5. The van der Waals surface area contributed by atoms with Gasteiger partial charge in [0.05, 0.1) is 6.04 Å². The molecule has 0 saturated carbocycles. The smallest absolute Gasteiger partial charge is 0.417 e. The summed E-state index contributed by atoms with van der Waals surface area (Å²) in [4.78, 5) is 25.7. The number of imide groups is 1. The van der Waals surface area contributed by atoms with E-state index in [0.717, 1.165) is 16.9 Å². The summed E-state index contributed by atoms with van der Waals surface area (Å²) in [6.07, 6.45) is 7.58. The van der Waals surface area contributed by atoms with E-state index in [1.165, 1.54) is 4.90 Å². The number of aryl methyl sites for hydroxylation is 1. The van der Waals surface area contributed by atoms with Gasteiger partial charge in [0.1, 0.15) is 19.0 Å². The molecule has 5 nitrogen and oxygen atoms in total. The van der Waals surface area contributed by atoms with Gasteiger partial charge in [-0.25, -0.2) is 9.69 Å². The average molecular weight is 420 g/mol. The van der Waals surface area contributed by atoms with E-state index in [9.17, 15) is 9.59 Å². The highest BCUT2D eigenvalue weighted by atomic mass is 16.6. The van der Waals surface area contributed by atoms with Crippen LogP contribution in [0.15, 0.2) is 92.1 Å². The van der Waals surface area contributed by atoms with Gasteiger partial charge in [0.25, 0.3) is 0 Å². The van der Waals surface area contributed by atoms with Crippen molar-refractivity contribution in [2.75, 3.05) is 6.61 Å². The number of hydrogen-bond acceptors (Lipinski definition) is 4. The van der Waals surface area contributed by atoms with Crippen LogP contribution in [0.25, 0.3) is 0 Å². The maximum Gasteiger partial charge on any atom is 0.417 e. The largest absolute Gasteiger partial charge is 0.489 e. The van der Waals surface area contributed by atoms with Crippen LogP contribution in [0.5, 0.6) is 5.75 Å². The van der Waals surface area contributed by atoms with Crippen molar-refractivity contribution in [3.05, 3.63) is 103 Å². The van der Waals surface area contributed by atoms with Crippen LogP contribution in [-0.2, 0) is 22.6 Å². The number of amides is 2. The molecule has 0 spiro atoms. The highest BCUT2D eigenvalue weighted by molar-refractivity contribution is 5.93. The lowest BCUT2D eigenvalue weighted by Gasteiger charge is -2.16. The van der Waals surface area contributed by atoms with E-state index in [1.54, 1.807) is 0 Å². The van der Waals surface area contributed by atoms with Gasteiger partial charge in [-0.05, 0) is 36.6 Å². The summed E-state index contributed by atoms with van der Waals surface area (Å²) >= 11 is 0. The van der Waals surface area contributed by atoms with Gasteiger partial charge in [0, 0.05) is 6.42 Å². The zero-order chi connectivity index (χ0) is 22.5. The number of carbonyl (C=O) groups is 2. The molecule has 1 heterocycles. The summed E-state index contributed by atoms with van der Waals surface area (Å²) in [6, 6.07) is 17.3. The van der Waals surface area contributed by atoms with Crippen LogP contribution in [0.1, 0.15) is 24.5 Å². The van der Waals surface area contributed by atoms with Gasteiger partial charge in [-0.15, -0.1) is 13.2 Å². The number of nitrogens with zero attached hydrogens (tertiary/aromatic N) is 1. The van der Waals surface area contributed by atoms with Gasteiger partial charge in [-0.2, -0.15) is 0 Å². The molecular formula is C26H29NO4. The molecule has 0 bridgehead atoms. The van der Waals surface area contributed by atoms with E-state index in [1.807, 2.05) is 85.8 Å². The van der Waals surface area contributed by atoms with Gasteiger partial charge in [-0.1, -0.05) is 66.8 Å². The molecule has 0 radical (unpaired) electrons. The van der Waals surface area contributed by atoms with Crippen LogP contribution >= 0.6 is 0 Å². The van der Waals surface area contributed by atoms with Crippen LogP contribution in [0, 0.1) is 0 Å². The summed E-state index contributed by atoms with van der Waals surface area (Å²) in [5.41, 5.74) is 2.12. The summed E-state index contributed by atoms with van der Waals surface area (Å²) in [7, 11) is 0. The van der Waals surface area contributed by atoms with E-state index < -0.39 is 6.09 Å². The first-order chi connectivity index (χ1) is 15.2. The molecule has 1 atom stereocenters. The molecule has 2 amide bonds. The van der Waals surface area contributed by atoms with Crippen LogP contribution in [-0.4, -0.2) is 29.5 Å². The molecule has 2 aromatic carbocycles. The zero-order valence-electron chi connectivity index (χ0n) is 17.9. The SMILES string of the molecule is C/C=C\C=C/C1COC(=O)N1C(=O)CCc1ccc(OCc2ccccc2)cc1.C=C. The van der Waals surface area contributed by atoms with Crippen molar-refractivity contribution in [3.63, 3.8) is 0 Å². The minimum atomic E-state index is -0.574. The standard InChI is InChI=1S/C24H25NO4.C2H4/c1-2-3-5-10-21-18-29-24(27)25(21)23(26)16-13-19-11-14-22(15-12-19)28-17-20-8-6-4-7-9-20;1-2/h2-12,14-15,21H,13,16-18H2,1H3;1-2H2/b3-2-,10-5-;. The van der Waals surface area contributed by atoms with Gasteiger partial charge >= 0.3 is 6.09 Å². The third-order valence-corrected chi connectivity index (χ3v) is 4.61. The highest BCUT2D eigenvalue weighted by Crippen LogP contribution is 2.18. The van der Waals surface area contributed by atoms with Gasteiger partial charge in [0.2, 0.25) is 5.91 Å². The van der Waals surface area contributed by atoms with Gasteiger partial charge in [0.15, 0.2) is 0 Å². The minimum absolute atomic E-state index is 0.200. The van der Waals surface area contributed by atoms with E-state index >= 15 is 0 Å². The van der Waals surface area contributed by atoms with Crippen molar-refractivity contribution in [2.45, 2.75) is 32.4 Å². The number of ether oxygens (including phenoxy) is 2. The Kier molecular flexibility index (Phi) is 9.82. The third-order valence-electron chi connectivity index (χ3n) is 4.61. The van der Waals surface area contributed by atoms with E-state index in [2.05, 4.69) is 13.2 Å². The molecule has 2 aromatic rings. The van der Waals surface area contributed by atoms with Crippen molar-refractivity contribution in [1.82, 2.24) is 4.90 Å². The van der Waals surface area contributed by atoms with Gasteiger partial charge < -0.3 is 9.47 Å². The Morgan fingerprint density at radius 1 is 1.10 bits per heavy atom. The van der Waals surface area contributed by atoms with Crippen molar-refractivity contribution >= 4 is 12.0 Å². The molecule has 1 aliphatic heterocycles. The van der Waals surface area contributed by atoms with Crippen LogP contribution < -0.4 is 4.74 Å². The summed E-state index contributed by atoms with van der Waals surface area (Å²) in [5, 5.41) is 0. The third kappa shape index (κ3) is 7.30. The first-order valence-electron chi connectivity index (χ1n) is 10.2. The molecular weight excluding hydrogens is 390 g/mol. The fourth-order valence-corrected chi connectivity index (χ4v) is 3.03. The molecule has 162 valence electrons. The first kappa shape index (κ1) is 23.7. The molecule has 1 unspecified atom stereocenters. The second-order valence-corrected chi connectivity index (χ2v) is 6.74. The average Bonchev–Trinajstić information content (AvgIpc) is 3.19. The number of allylic oxidation sites excluding steroid dienone is 3. The molecule has 1 aliphatic rings. The molecule has 1 fully saturated rings. The molecule has 1 saturated heterocycles. The Morgan fingerprint density at radius 3 is 2.48 bits per heavy atom. The number of rotatable bonds is 8. The topological polar surface area (TPSA) is 55.8 Å². The summed E-state index contributed by atoms with van der Waals surface area (Å²) in [5.74, 6) is 0.549. The van der Waals surface area contributed by atoms with E-state index in [0.29, 0.717) is 13.0 Å². The van der Waals surface area contributed by atoms with Crippen LogP contribution in [0.3, 0.4) is 0 Å². The Labute approximate surface area is 184 Å². The lowest BCUT2D eigenvalue weighted by atomic mass is 10.1. The van der Waals surface area contributed by atoms with Crippen LogP contribution in [0.2, 0.25) is 0 Å². The molecule has 0 N–H and O–H groups in total. The Balaban J connectivity index is 0.00000166. The molecule has 31 heavy (non-hydrogen) atoms. The first-order valence-corrected chi connectivity index (χ1v) is 10.2. The van der Waals surface area contributed by atoms with Crippen LogP contribution in [0.4, 0.5) is 4.79 Å². The lowest BCUT2D eigenvalue weighted by molar-refractivity contribution is -0.128. The molecule has 3 rings (SSSR count). The number of benzene rings is 2. The second-order valence-electron chi connectivity index (χ2n) is 6.74. The monoisotopic (exact) mass is 419 g/mol. The Hall–Kier alpha value is -3.60. The predicted octanol–water partition coefficient (Wildman–Crippen LogP) is 5.48. The molecule has 0 aliphatic carbocycles. The molecule has 0 aromatic heterocycles. The number of hydrogen-bond donors (Lipinski definition) is 0. The van der Waals surface area contributed by atoms with E-state index in [-0.39, 0.29) is 25.0 Å². The Bertz CT molecular complexity index is 887. The maximum atomic E-state index is 12.5. The second kappa shape index (κ2) is 12.9. The minimum Gasteiger partial charge on any atom is -0.489 e. The highest BCUT2D eigenvalue weighted by Gasteiger charge is 2.35. The van der Waals surface area contributed by atoms with Gasteiger partial charge in [-0.3, -0.25) is 4.79 Å². The van der Waals surface area contributed by atoms with Crippen molar-refractivity contribution in [1.29, 1.82) is 0 Å². The predicted molar refractivity (Wildman–Crippen MR) is 123 cm³/mol.